The van der Waals surface area contributed by atoms with Crippen LogP contribution in [0, 0.1) is 5.41 Å². The van der Waals surface area contributed by atoms with Gasteiger partial charge in [-0.3, -0.25) is 4.57 Å². The minimum Gasteiger partial charge on any atom is -0.408 e. The highest BCUT2D eigenvalue weighted by Gasteiger charge is 2.47. The van der Waals surface area contributed by atoms with Crippen LogP contribution in [0.25, 0.3) is 11.1 Å². The number of oxazole rings is 1. The van der Waals surface area contributed by atoms with Crippen molar-refractivity contribution in [2.45, 2.75) is 18.9 Å². The van der Waals surface area contributed by atoms with Gasteiger partial charge in [0.05, 0.1) is 5.52 Å². The van der Waals surface area contributed by atoms with Crippen LogP contribution in [-0.2, 0) is 7.05 Å². The van der Waals surface area contributed by atoms with E-state index < -0.39 is 0 Å². The summed E-state index contributed by atoms with van der Waals surface area (Å²) in [6.45, 7) is 0.927. The van der Waals surface area contributed by atoms with Gasteiger partial charge in [0.25, 0.3) is 0 Å². The van der Waals surface area contributed by atoms with Gasteiger partial charge < -0.3 is 15.5 Å². The molecule has 1 unspecified atom stereocenters. The molecule has 3 N–H and O–H groups in total. The van der Waals surface area contributed by atoms with Crippen molar-refractivity contribution in [2.75, 3.05) is 13.6 Å². The van der Waals surface area contributed by atoms with Crippen molar-refractivity contribution in [1.29, 1.82) is 0 Å². The van der Waals surface area contributed by atoms with Gasteiger partial charge in [-0.15, -0.1) is 0 Å². The Morgan fingerprint density at radius 3 is 2.89 bits per heavy atom. The van der Waals surface area contributed by atoms with Gasteiger partial charge in [0.1, 0.15) is 0 Å². The van der Waals surface area contributed by atoms with Crippen LogP contribution >= 0.6 is 0 Å². The molecule has 1 aromatic carbocycles. The van der Waals surface area contributed by atoms with Crippen LogP contribution in [0.3, 0.4) is 0 Å². The van der Waals surface area contributed by atoms with E-state index >= 15 is 0 Å². The van der Waals surface area contributed by atoms with E-state index in [0.29, 0.717) is 5.58 Å². The summed E-state index contributed by atoms with van der Waals surface area (Å²) < 4.78 is 6.65. The SMILES string of the molecule is CNCC1(C(N)c2ccc3oc(=O)n(C)c3c2)CC1. The maximum Gasteiger partial charge on any atom is 0.419 e. The highest BCUT2D eigenvalue weighted by Crippen LogP contribution is 2.53. The van der Waals surface area contributed by atoms with Crippen molar-refractivity contribution in [3.63, 3.8) is 0 Å². The Morgan fingerprint density at radius 1 is 1.53 bits per heavy atom. The Hall–Kier alpha value is -1.59. The maximum atomic E-state index is 11.5. The number of aryl methyl sites for hydroxylation is 1. The van der Waals surface area contributed by atoms with Crippen molar-refractivity contribution in [3.8, 4) is 0 Å². The minimum absolute atomic E-state index is 0.00523. The fraction of sp³-hybridized carbons (Fsp3) is 0.500. The van der Waals surface area contributed by atoms with Crippen molar-refractivity contribution < 1.29 is 4.42 Å². The Kier molecular flexibility index (Phi) is 2.76. The number of hydrogen-bond acceptors (Lipinski definition) is 4. The summed E-state index contributed by atoms with van der Waals surface area (Å²) in [7, 11) is 3.67. The zero-order valence-corrected chi connectivity index (χ0v) is 11.3. The van der Waals surface area contributed by atoms with E-state index in [9.17, 15) is 4.79 Å². The third kappa shape index (κ3) is 1.89. The first-order valence-electron chi connectivity index (χ1n) is 6.57. The van der Waals surface area contributed by atoms with E-state index in [2.05, 4.69) is 5.32 Å². The van der Waals surface area contributed by atoms with Crippen molar-refractivity contribution in [3.05, 3.63) is 34.3 Å². The number of rotatable bonds is 4. The van der Waals surface area contributed by atoms with Crippen molar-refractivity contribution in [2.24, 2.45) is 18.2 Å². The van der Waals surface area contributed by atoms with Crippen LogP contribution in [0.2, 0.25) is 0 Å². The molecule has 0 spiro atoms. The fourth-order valence-corrected chi connectivity index (χ4v) is 2.80. The summed E-state index contributed by atoms with van der Waals surface area (Å²) in [6.07, 6.45) is 2.30. The van der Waals surface area contributed by atoms with Crippen LogP contribution in [0.15, 0.2) is 27.4 Å². The second-order valence-corrected chi connectivity index (χ2v) is 5.52. The van der Waals surface area contributed by atoms with E-state index in [-0.39, 0.29) is 17.2 Å². The van der Waals surface area contributed by atoms with E-state index in [1.54, 1.807) is 7.05 Å². The Morgan fingerprint density at radius 2 is 2.26 bits per heavy atom. The quantitative estimate of drug-likeness (QED) is 0.865. The van der Waals surface area contributed by atoms with Gasteiger partial charge in [-0.1, -0.05) is 6.07 Å². The van der Waals surface area contributed by atoms with Crippen LogP contribution in [0.4, 0.5) is 0 Å². The molecule has 1 aromatic heterocycles. The summed E-state index contributed by atoms with van der Waals surface area (Å²) in [5, 5.41) is 3.22. The van der Waals surface area contributed by atoms with Crippen LogP contribution in [-0.4, -0.2) is 18.2 Å². The molecule has 2 aromatic rings. The molecule has 1 heterocycles. The first kappa shape index (κ1) is 12.4. The molecule has 0 aliphatic heterocycles. The zero-order valence-electron chi connectivity index (χ0n) is 11.3. The fourth-order valence-electron chi connectivity index (χ4n) is 2.80. The molecule has 0 saturated heterocycles. The highest BCUT2D eigenvalue weighted by molar-refractivity contribution is 5.73. The van der Waals surface area contributed by atoms with Gasteiger partial charge in [-0.25, -0.2) is 4.79 Å². The number of fused-ring (bicyclic) bond motifs is 1. The molecule has 5 heteroatoms. The number of benzene rings is 1. The average Bonchev–Trinajstić information content (AvgIpc) is 3.13. The molecule has 1 atom stereocenters. The molecule has 102 valence electrons. The second kappa shape index (κ2) is 4.21. The van der Waals surface area contributed by atoms with Gasteiger partial charge in [0.2, 0.25) is 0 Å². The maximum absolute atomic E-state index is 11.5. The third-order valence-electron chi connectivity index (χ3n) is 4.26. The van der Waals surface area contributed by atoms with Crippen LogP contribution < -0.4 is 16.8 Å². The molecule has 3 rings (SSSR count). The predicted octanol–water partition coefficient (Wildman–Crippen LogP) is 1.13. The number of hydrogen-bond donors (Lipinski definition) is 2. The Labute approximate surface area is 111 Å². The third-order valence-corrected chi connectivity index (χ3v) is 4.26. The largest absolute Gasteiger partial charge is 0.419 e. The van der Waals surface area contributed by atoms with E-state index in [1.807, 2.05) is 25.2 Å². The zero-order chi connectivity index (χ0) is 13.6. The standard InChI is InChI=1S/C14H19N3O2/c1-16-8-14(5-6-14)12(15)9-3-4-11-10(7-9)17(2)13(18)19-11/h3-4,7,12,16H,5-6,8,15H2,1-2H3. The highest BCUT2D eigenvalue weighted by atomic mass is 16.4. The summed E-state index contributed by atoms with van der Waals surface area (Å²) in [5.41, 5.74) is 9.07. The van der Waals surface area contributed by atoms with Gasteiger partial charge in [0, 0.05) is 25.0 Å². The summed E-state index contributed by atoms with van der Waals surface area (Å²) in [4.78, 5) is 11.5. The molecule has 5 nitrogen and oxygen atoms in total. The van der Waals surface area contributed by atoms with Gasteiger partial charge >= 0.3 is 5.76 Å². The second-order valence-electron chi connectivity index (χ2n) is 5.52. The number of aromatic nitrogens is 1. The van der Waals surface area contributed by atoms with E-state index in [1.165, 1.54) is 4.57 Å². The molecular weight excluding hydrogens is 242 g/mol. The van der Waals surface area contributed by atoms with Crippen molar-refractivity contribution in [1.82, 2.24) is 9.88 Å². The smallest absolute Gasteiger partial charge is 0.408 e. The lowest BCUT2D eigenvalue weighted by molar-refractivity contribution is 0.392. The molecule has 0 amide bonds. The van der Waals surface area contributed by atoms with Crippen LogP contribution in [0.5, 0.6) is 0 Å². The summed E-state index contributed by atoms with van der Waals surface area (Å²) in [6, 6.07) is 5.77. The molecule has 1 aliphatic rings. The molecule has 0 bridgehead atoms. The summed E-state index contributed by atoms with van der Waals surface area (Å²) in [5.74, 6) is -0.336. The Balaban J connectivity index is 2.01. The summed E-state index contributed by atoms with van der Waals surface area (Å²) >= 11 is 0. The lowest BCUT2D eigenvalue weighted by Crippen LogP contribution is -2.31. The van der Waals surface area contributed by atoms with Gasteiger partial charge in [-0.05, 0) is 37.6 Å². The normalized spacial score (nSPS) is 18.7. The topological polar surface area (TPSA) is 73.2 Å². The van der Waals surface area contributed by atoms with E-state index in [0.717, 1.165) is 30.5 Å². The molecule has 1 saturated carbocycles. The molecular formula is C14H19N3O2. The minimum atomic E-state index is -0.336. The number of nitrogens with two attached hydrogens (primary N) is 1. The lowest BCUT2D eigenvalue weighted by atomic mass is 9.90. The molecule has 19 heavy (non-hydrogen) atoms. The number of nitrogens with one attached hydrogen (secondary N) is 1. The molecule has 0 radical (unpaired) electrons. The lowest BCUT2D eigenvalue weighted by Gasteiger charge is -2.23. The average molecular weight is 261 g/mol. The van der Waals surface area contributed by atoms with E-state index in [4.69, 9.17) is 10.2 Å². The predicted molar refractivity (Wildman–Crippen MR) is 74.0 cm³/mol. The molecule has 1 aliphatic carbocycles. The Bertz CT molecular complexity index is 667. The van der Waals surface area contributed by atoms with Gasteiger partial charge in [0.15, 0.2) is 5.58 Å². The monoisotopic (exact) mass is 261 g/mol. The van der Waals surface area contributed by atoms with Gasteiger partial charge in [-0.2, -0.15) is 0 Å². The van der Waals surface area contributed by atoms with Crippen molar-refractivity contribution >= 4 is 11.1 Å². The first-order chi connectivity index (χ1) is 9.07. The molecule has 1 fully saturated rings. The number of nitrogens with zero attached hydrogens (tertiary/aromatic N) is 1. The van der Waals surface area contributed by atoms with Crippen LogP contribution in [0.1, 0.15) is 24.4 Å². The first-order valence-corrected chi connectivity index (χ1v) is 6.57.